The zero-order chi connectivity index (χ0) is 28.7. The largest absolute Gasteiger partial charge is 0.396 e. The molecule has 1 aromatic heterocycles. The molecule has 2 heterocycles. The van der Waals surface area contributed by atoms with Crippen LogP contribution in [0.1, 0.15) is 49.1 Å². The number of benzene rings is 1. The van der Waals surface area contributed by atoms with Crippen LogP contribution < -0.4 is 11.1 Å². The number of nitrogens with two attached hydrogens (primary N) is 1. The van der Waals surface area contributed by atoms with Gasteiger partial charge in [0.2, 0.25) is 0 Å². The summed E-state index contributed by atoms with van der Waals surface area (Å²) in [6.07, 6.45) is 9.79. The van der Waals surface area contributed by atoms with Crippen molar-refractivity contribution in [3.63, 3.8) is 0 Å². The van der Waals surface area contributed by atoms with E-state index in [0.29, 0.717) is 12.0 Å². The minimum atomic E-state index is -0.455. The molecule has 0 saturated carbocycles. The molecule has 6 nitrogen and oxygen atoms in total. The highest BCUT2D eigenvalue weighted by Gasteiger charge is 2.21. The number of likely N-dealkylation sites (N-methyl/N-ethyl adjacent to an activating group) is 1. The first-order valence-corrected chi connectivity index (χ1v) is 13.4. The molecule has 0 spiro atoms. The van der Waals surface area contributed by atoms with Gasteiger partial charge in [0.05, 0.1) is 11.4 Å². The molecule has 0 unspecified atom stereocenters. The number of aromatic nitrogens is 2. The van der Waals surface area contributed by atoms with E-state index in [-0.39, 0.29) is 11.6 Å². The molecule has 0 aliphatic carbocycles. The van der Waals surface area contributed by atoms with Crippen LogP contribution in [0, 0.1) is 18.7 Å². The Bertz CT molecular complexity index is 1300. The van der Waals surface area contributed by atoms with E-state index in [0.717, 1.165) is 71.6 Å². The number of hydrogen-bond donors (Lipinski definition) is 3. The molecule has 1 aliphatic rings. The Morgan fingerprint density at radius 3 is 2.51 bits per heavy atom. The van der Waals surface area contributed by atoms with E-state index < -0.39 is 5.82 Å². The summed E-state index contributed by atoms with van der Waals surface area (Å²) in [7, 11) is 2.13. The van der Waals surface area contributed by atoms with Gasteiger partial charge in [-0.3, -0.25) is 0 Å². The number of rotatable bonds is 11. The molecule has 0 radical (unpaired) electrons. The number of imidazole rings is 1. The summed E-state index contributed by atoms with van der Waals surface area (Å²) < 4.78 is 15.1. The molecule has 208 valence electrons. The van der Waals surface area contributed by atoms with E-state index in [1.54, 1.807) is 12.2 Å². The van der Waals surface area contributed by atoms with Crippen molar-refractivity contribution in [2.75, 3.05) is 39.0 Å². The average Bonchev–Trinajstić information content (AvgIpc) is 3.27. The third kappa shape index (κ3) is 7.39. The first-order valence-electron chi connectivity index (χ1n) is 13.4. The summed E-state index contributed by atoms with van der Waals surface area (Å²) in [6.45, 7) is 23.8. The number of hydrogen-bond acceptors (Lipinski definition) is 5. The fourth-order valence-electron chi connectivity index (χ4n) is 4.49. The summed E-state index contributed by atoms with van der Waals surface area (Å²) in [4.78, 5) is 13.0. The standard InChI is InChI=1S/C32H43FN6/c1-9-12-29(39-15-13-38(8)14-16-39)32-23(7)36-30(37-32)20-26-17-25(19-28(33)31(26)34)24(10-2)18-27(11-3)35-22(6)21(4)5/h9-12,17-19,21,35H,1,3,6,13-16,20,34H2,2,4-5,7-8H3,(H,36,37)/b24-10+,27-18+,29-12+. The van der Waals surface area contributed by atoms with Gasteiger partial charge in [-0.2, -0.15) is 0 Å². The number of H-pyrrole nitrogens is 1. The Morgan fingerprint density at radius 1 is 1.23 bits per heavy atom. The molecule has 1 saturated heterocycles. The first-order chi connectivity index (χ1) is 18.6. The number of nitrogens with one attached hydrogen (secondary N) is 2. The van der Waals surface area contributed by atoms with Crippen LogP contribution in [-0.4, -0.2) is 53.0 Å². The second kappa shape index (κ2) is 13.3. The molecule has 3 rings (SSSR count). The smallest absolute Gasteiger partial charge is 0.146 e. The Kier molecular flexibility index (Phi) is 10.1. The number of allylic oxidation sites excluding steroid dienone is 7. The number of nitrogen functional groups attached to an aromatic ring is 1. The highest BCUT2D eigenvalue weighted by atomic mass is 19.1. The van der Waals surface area contributed by atoms with Crippen LogP contribution in [-0.2, 0) is 6.42 Å². The highest BCUT2D eigenvalue weighted by Crippen LogP contribution is 2.28. The summed E-state index contributed by atoms with van der Waals surface area (Å²) in [5.74, 6) is 0.542. The Labute approximate surface area is 233 Å². The zero-order valence-corrected chi connectivity index (χ0v) is 24.1. The fraction of sp³-hybridized carbons (Fsp3) is 0.344. The van der Waals surface area contributed by atoms with Gasteiger partial charge in [-0.25, -0.2) is 9.37 Å². The molecule has 2 aromatic rings. The number of anilines is 1. The molecular formula is C32H43FN6. The zero-order valence-electron chi connectivity index (χ0n) is 24.1. The number of aryl methyl sites for hydroxylation is 1. The number of halogens is 1. The summed E-state index contributed by atoms with van der Waals surface area (Å²) in [5.41, 5.74) is 13.1. The van der Waals surface area contributed by atoms with Crippen LogP contribution in [0.5, 0.6) is 0 Å². The van der Waals surface area contributed by atoms with Gasteiger partial charge in [-0.1, -0.05) is 45.7 Å². The molecule has 39 heavy (non-hydrogen) atoms. The number of aromatic amines is 1. The SMILES string of the molecule is C=C/C=C(\c1nc(Cc2cc(C(/C=C(\C=C)NC(=C)C(C)C)=C/C)cc(F)c2N)[nH]c1C)N1CCN(C)CC1. The topological polar surface area (TPSA) is 73.2 Å². The van der Waals surface area contributed by atoms with E-state index in [1.807, 2.05) is 38.1 Å². The predicted octanol–water partition coefficient (Wildman–Crippen LogP) is 6.04. The van der Waals surface area contributed by atoms with Gasteiger partial charge >= 0.3 is 0 Å². The first kappa shape index (κ1) is 29.7. The van der Waals surface area contributed by atoms with Crippen LogP contribution in [0.3, 0.4) is 0 Å². The number of piperazine rings is 1. The van der Waals surface area contributed by atoms with E-state index in [1.165, 1.54) is 6.07 Å². The van der Waals surface area contributed by atoms with Crippen molar-refractivity contribution in [2.45, 2.75) is 34.1 Å². The normalized spacial score (nSPS) is 15.6. The molecule has 0 bridgehead atoms. The van der Waals surface area contributed by atoms with Crippen molar-refractivity contribution in [1.82, 2.24) is 25.1 Å². The lowest BCUT2D eigenvalue weighted by Gasteiger charge is -2.35. The third-order valence-electron chi connectivity index (χ3n) is 7.05. The second-order valence-corrected chi connectivity index (χ2v) is 10.3. The van der Waals surface area contributed by atoms with Crippen LogP contribution in [0.15, 0.2) is 73.6 Å². The molecule has 0 amide bonds. The molecular weight excluding hydrogens is 487 g/mol. The molecule has 1 aliphatic heterocycles. The molecule has 1 fully saturated rings. The molecule has 1 aromatic carbocycles. The minimum Gasteiger partial charge on any atom is -0.396 e. The fourth-order valence-corrected chi connectivity index (χ4v) is 4.49. The summed E-state index contributed by atoms with van der Waals surface area (Å²) in [6, 6.07) is 3.40. The lowest BCUT2D eigenvalue weighted by molar-refractivity contribution is 0.207. The van der Waals surface area contributed by atoms with Crippen molar-refractivity contribution in [3.8, 4) is 0 Å². The van der Waals surface area contributed by atoms with Gasteiger partial charge in [-0.05, 0) is 73.9 Å². The minimum absolute atomic E-state index is 0.130. The maximum atomic E-state index is 15.1. The van der Waals surface area contributed by atoms with Crippen molar-refractivity contribution in [1.29, 1.82) is 0 Å². The van der Waals surface area contributed by atoms with Crippen molar-refractivity contribution in [3.05, 3.63) is 108 Å². The predicted molar refractivity (Wildman–Crippen MR) is 163 cm³/mol. The monoisotopic (exact) mass is 530 g/mol. The highest BCUT2D eigenvalue weighted by molar-refractivity contribution is 5.77. The third-order valence-corrected chi connectivity index (χ3v) is 7.05. The van der Waals surface area contributed by atoms with Gasteiger partial charge < -0.3 is 25.8 Å². The Hall–Kier alpha value is -3.84. The summed E-state index contributed by atoms with van der Waals surface area (Å²) in [5, 5.41) is 3.30. The van der Waals surface area contributed by atoms with Crippen molar-refractivity contribution < 1.29 is 4.39 Å². The van der Waals surface area contributed by atoms with Gasteiger partial charge in [0.25, 0.3) is 0 Å². The molecule has 0 atom stereocenters. The van der Waals surface area contributed by atoms with Gasteiger partial charge in [0.15, 0.2) is 0 Å². The Balaban J connectivity index is 1.92. The molecule has 4 N–H and O–H groups in total. The second-order valence-electron chi connectivity index (χ2n) is 10.3. The van der Waals surface area contributed by atoms with Crippen molar-refractivity contribution >= 4 is 17.0 Å². The van der Waals surface area contributed by atoms with E-state index in [2.05, 4.69) is 60.7 Å². The summed E-state index contributed by atoms with van der Waals surface area (Å²) >= 11 is 0. The van der Waals surface area contributed by atoms with Gasteiger partial charge in [-0.15, -0.1) is 0 Å². The lowest BCUT2D eigenvalue weighted by atomic mass is 9.98. The van der Waals surface area contributed by atoms with Crippen LogP contribution in [0.2, 0.25) is 0 Å². The average molecular weight is 531 g/mol. The van der Waals surface area contributed by atoms with Gasteiger partial charge in [0, 0.05) is 49.7 Å². The van der Waals surface area contributed by atoms with E-state index in [9.17, 15) is 0 Å². The van der Waals surface area contributed by atoms with Crippen molar-refractivity contribution in [2.24, 2.45) is 5.92 Å². The molecule has 7 heteroatoms. The van der Waals surface area contributed by atoms with Crippen LogP contribution in [0.25, 0.3) is 11.3 Å². The maximum Gasteiger partial charge on any atom is 0.146 e. The lowest BCUT2D eigenvalue weighted by Crippen LogP contribution is -2.43. The quantitative estimate of drug-likeness (QED) is 0.244. The number of nitrogens with zero attached hydrogens (tertiary/aromatic N) is 3. The van der Waals surface area contributed by atoms with Gasteiger partial charge in [0.1, 0.15) is 17.3 Å². The maximum absolute atomic E-state index is 15.1. The van der Waals surface area contributed by atoms with E-state index in [4.69, 9.17) is 10.7 Å². The van der Waals surface area contributed by atoms with Crippen LogP contribution in [0.4, 0.5) is 10.1 Å². The van der Waals surface area contributed by atoms with Crippen LogP contribution >= 0.6 is 0 Å². The Morgan fingerprint density at radius 2 is 1.92 bits per heavy atom. The van der Waals surface area contributed by atoms with E-state index >= 15 is 4.39 Å².